The van der Waals surface area contributed by atoms with Crippen LogP contribution in [0.15, 0.2) is 18.5 Å². The average molecular weight is 395 g/mol. The molecule has 1 aliphatic heterocycles. The Kier molecular flexibility index (Phi) is 5.71. The van der Waals surface area contributed by atoms with E-state index in [1.54, 1.807) is 4.68 Å². The van der Waals surface area contributed by atoms with Crippen molar-refractivity contribution in [1.29, 1.82) is 0 Å². The smallest absolute Gasteiger partial charge is 0.360 e. The molecule has 10 heteroatoms. The second-order valence-electron chi connectivity index (χ2n) is 7.70. The summed E-state index contributed by atoms with van der Waals surface area (Å²) in [5, 5.41) is 7.90. The average Bonchev–Trinajstić information content (AvgIpc) is 3.29. The van der Waals surface area contributed by atoms with Gasteiger partial charge in [0.2, 0.25) is 0 Å². The Morgan fingerprint density at radius 2 is 1.93 bits per heavy atom. The maximum atomic E-state index is 11.7. The lowest BCUT2D eigenvalue weighted by atomic mass is 9.94. The number of carbonyl (C=O) groups is 2. The summed E-state index contributed by atoms with van der Waals surface area (Å²) >= 11 is 0. The van der Waals surface area contributed by atoms with Crippen molar-refractivity contribution in [1.82, 2.24) is 15.0 Å². The molecular formula is C18H25N3O7. The fraction of sp³-hybridized carbons (Fsp3) is 0.667. The van der Waals surface area contributed by atoms with Crippen molar-refractivity contribution in [3.05, 3.63) is 24.2 Å². The van der Waals surface area contributed by atoms with Gasteiger partial charge in [-0.05, 0) is 0 Å². The number of nitrogens with zero attached hydrogens (tertiary/aromatic N) is 3. The van der Waals surface area contributed by atoms with Crippen LogP contribution in [0.1, 0.15) is 43.2 Å². The third-order valence-electron chi connectivity index (χ3n) is 4.82. The van der Waals surface area contributed by atoms with E-state index >= 15 is 0 Å². The zero-order valence-electron chi connectivity index (χ0n) is 16.4. The number of aromatic nitrogens is 3. The molecule has 28 heavy (non-hydrogen) atoms. The molecule has 0 amide bonds. The van der Waals surface area contributed by atoms with Crippen molar-refractivity contribution in [2.24, 2.45) is 5.41 Å². The molecule has 0 radical (unpaired) electrons. The zero-order chi connectivity index (χ0) is 20.4. The van der Waals surface area contributed by atoms with E-state index in [0.717, 1.165) is 0 Å². The summed E-state index contributed by atoms with van der Waals surface area (Å²) in [6, 6.07) is -0.311. The maximum Gasteiger partial charge on any atom is 0.360 e. The molecule has 2 fully saturated rings. The Morgan fingerprint density at radius 3 is 2.57 bits per heavy atom. The van der Waals surface area contributed by atoms with E-state index in [-0.39, 0.29) is 17.2 Å². The second-order valence-corrected chi connectivity index (χ2v) is 7.70. The molecule has 1 spiro atoms. The number of rotatable bonds is 5. The minimum atomic E-state index is -0.818. The van der Waals surface area contributed by atoms with Gasteiger partial charge in [0.05, 0.1) is 52.0 Å². The number of hydrogen-bond donors (Lipinski definition) is 0. The molecule has 2 aliphatic rings. The first-order valence-corrected chi connectivity index (χ1v) is 8.95. The van der Waals surface area contributed by atoms with Gasteiger partial charge < -0.3 is 23.7 Å². The highest BCUT2D eigenvalue weighted by Crippen LogP contribution is 2.46. The second kappa shape index (κ2) is 7.88. The highest BCUT2D eigenvalue weighted by atomic mass is 16.7. The van der Waals surface area contributed by atoms with Gasteiger partial charge in [-0.3, -0.25) is 0 Å². The van der Waals surface area contributed by atoms with E-state index in [1.165, 1.54) is 32.8 Å². The molecule has 1 aliphatic carbocycles. The minimum Gasteiger partial charge on any atom is -0.495 e. The van der Waals surface area contributed by atoms with Gasteiger partial charge in [0.25, 0.3) is 0 Å². The third kappa shape index (κ3) is 4.33. The normalized spacial score (nSPS) is 25.7. The Bertz CT molecular complexity index is 748. The van der Waals surface area contributed by atoms with Gasteiger partial charge in [0, 0.05) is 18.3 Å². The first-order valence-electron chi connectivity index (χ1n) is 8.95. The molecular weight excluding hydrogens is 370 g/mol. The highest BCUT2D eigenvalue weighted by molar-refractivity contribution is 5.86. The molecule has 2 atom stereocenters. The molecule has 10 nitrogen and oxygen atoms in total. The Balaban J connectivity index is 1.79. The number of esters is 2. The molecule has 1 saturated heterocycles. The molecule has 1 saturated carbocycles. The van der Waals surface area contributed by atoms with E-state index in [0.29, 0.717) is 26.1 Å². The van der Waals surface area contributed by atoms with Crippen molar-refractivity contribution >= 4 is 11.9 Å². The summed E-state index contributed by atoms with van der Waals surface area (Å²) in [5.41, 5.74) is 0.0226. The lowest BCUT2D eigenvalue weighted by Gasteiger charge is -2.41. The molecule has 1 aromatic heterocycles. The minimum absolute atomic E-state index is 0.0736. The van der Waals surface area contributed by atoms with Gasteiger partial charge in [-0.1, -0.05) is 19.1 Å². The Hall–Kier alpha value is -2.46. The molecule has 154 valence electrons. The Morgan fingerprint density at radius 1 is 1.21 bits per heavy atom. The quantitative estimate of drug-likeness (QED) is 0.413. The largest absolute Gasteiger partial charge is 0.495 e. The monoisotopic (exact) mass is 395 g/mol. The Labute approximate surface area is 162 Å². The van der Waals surface area contributed by atoms with E-state index in [9.17, 15) is 9.59 Å². The summed E-state index contributed by atoms with van der Waals surface area (Å²) in [4.78, 5) is 23.0. The van der Waals surface area contributed by atoms with Crippen molar-refractivity contribution in [3.63, 3.8) is 0 Å². The molecule has 0 aromatic carbocycles. The van der Waals surface area contributed by atoms with E-state index in [4.69, 9.17) is 14.2 Å². The van der Waals surface area contributed by atoms with Gasteiger partial charge in [0.15, 0.2) is 11.5 Å². The maximum absolute atomic E-state index is 11.7. The van der Waals surface area contributed by atoms with Crippen LogP contribution >= 0.6 is 0 Å². The summed E-state index contributed by atoms with van der Waals surface area (Å²) in [6.07, 6.45) is 4.47. The molecule has 0 N–H and O–H groups in total. The van der Waals surface area contributed by atoms with Gasteiger partial charge in [-0.2, -0.15) is 0 Å². The van der Waals surface area contributed by atoms with Gasteiger partial charge >= 0.3 is 11.9 Å². The third-order valence-corrected chi connectivity index (χ3v) is 4.82. The van der Waals surface area contributed by atoms with Crippen molar-refractivity contribution in [2.75, 3.05) is 27.4 Å². The van der Waals surface area contributed by atoms with E-state index < -0.39 is 23.8 Å². The summed E-state index contributed by atoms with van der Waals surface area (Å²) < 4.78 is 28.7. The van der Waals surface area contributed by atoms with Crippen LogP contribution in [-0.4, -0.2) is 66.3 Å². The highest BCUT2D eigenvalue weighted by Gasteiger charge is 2.52. The number of hydrogen-bond acceptors (Lipinski definition) is 9. The SMILES string of the molecule is COC(=O)/C=C/O[C@@H]1CC2(C[C@H]1n1cc(C(=O)OC)nn1)OCC(C)(C)CO2. The van der Waals surface area contributed by atoms with E-state index in [2.05, 4.69) is 33.6 Å². The fourth-order valence-electron chi connectivity index (χ4n) is 3.25. The number of carbonyl (C=O) groups excluding carboxylic acids is 2. The summed E-state index contributed by atoms with van der Waals surface area (Å²) in [7, 11) is 2.57. The topological polar surface area (TPSA) is 111 Å². The first-order chi connectivity index (χ1) is 13.3. The van der Waals surface area contributed by atoms with Crippen LogP contribution in [0.3, 0.4) is 0 Å². The van der Waals surface area contributed by atoms with Crippen molar-refractivity contribution < 1.29 is 33.3 Å². The van der Waals surface area contributed by atoms with E-state index in [1.807, 2.05) is 0 Å². The van der Waals surface area contributed by atoms with Gasteiger partial charge in [-0.15, -0.1) is 5.10 Å². The fourth-order valence-corrected chi connectivity index (χ4v) is 3.25. The van der Waals surface area contributed by atoms with Crippen molar-refractivity contribution in [2.45, 2.75) is 44.6 Å². The molecule has 0 unspecified atom stereocenters. The van der Waals surface area contributed by atoms with Gasteiger partial charge in [-0.25, -0.2) is 14.3 Å². The van der Waals surface area contributed by atoms with Gasteiger partial charge in [0.1, 0.15) is 6.10 Å². The van der Waals surface area contributed by atoms with Crippen LogP contribution in [0, 0.1) is 5.41 Å². The predicted octanol–water partition coefficient (Wildman–Crippen LogP) is 1.24. The molecule has 2 heterocycles. The molecule has 0 bridgehead atoms. The summed E-state index contributed by atoms with van der Waals surface area (Å²) in [5.74, 6) is -1.92. The molecule has 3 rings (SSSR count). The van der Waals surface area contributed by atoms with Crippen molar-refractivity contribution in [3.8, 4) is 0 Å². The predicted molar refractivity (Wildman–Crippen MR) is 94.1 cm³/mol. The van der Waals surface area contributed by atoms with Crippen LogP contribution in [0.5, 0.6) is 0 Å². The van der Waals surface area contributed by atoms with Crippen LogP contribution in [0.25, 0.3) is 0 Å². The first kappa shape index (κ1) is 20.3. The number of ether oxygens (including phenoxy) is 5. The lowest BCUT2D eigenvalue weighted by molar-refractivity contribution is -0.297. The van der Waals surface area contributed by atoms with Crippen LogP contribution in [0.4, 0.5) is 0 Å². The lowest BCUT2D eigenvalue weighted by Crippen LogP contribution is -2.46. The number of methoxy groups -OCH3 is 2. The standard InChI is InChI=1S/C18H25N3O7/c1-17(2)10-27-18(28-11-17)7-13(14(8-18)26-6-5-15(22)24-3)21-9-12(19-20-21)16(23)25-4/h5-6,9,13-14H,7-8,10-11H2,1-4H3/b6-5+/t13-,14-/m1/s1. The molecule has 1 aromatic rings. The van der Waals surface area contributed by atoms with Crippen LogP contribution < -0.4 is 0 Å². The van der Waals surface area contributed by atoms with Crippen LogP contribution in [0.2, 0.25) is 0 Å². The van der Waals surface area contributed by atoms with Crippen LogP contribution in [-0.2, 0) is 28.5 Å². The summed E-state index contributed by atoms with van der Waals surface area (Å²) in [6.45, 7) is 5.24. The zero-order valence-corrected chi connectivity index (χ0v) is 16.4.